The number of methoxy groups -OCH3 is 1. The molecule has 3 aromatic carbocycles. The van der Waals surface area contributed by atoms with Crippen molar-refractivity contribution in [1.29, 1.82) is 0 Å². The highest BCUT2D eigenvalue weighted by molar-refractivity contribution is 7.89. The second-order valence-corrected chi connectivity index (χ2v) is 12.9. The van der Waals surface area contributed by atoms with Crippen LogP contribution in [0.1, 0.15) is 25.0 Å². The number of rotatable bonds is 10. The normalized spacial score (nSPS) is 18.1. The molecule has 0 fully saturated rings. The maximum Gasteiger partial charge on any atom is 0.242 e. The molecule has 0 bridgehead atoms. The number of ether oxygens (including phenoxy) is 2. The summed E-state index contributed by atoms with van der Waals surface area (Å²) < 4.78 is 39.7. The number of amides is 2. The van der Waals surface area contributed by atoms with Gasteiger partial charge in [-0.05, 0) is 55.0 Å². The van der Waals surface area contributed by atoms with Gasteiger partial charge in [0, 0.05) is 30.8 Å². The highest BCUT2D eigenvalue weighted by atomic mass is 32.2. The van der Waals surface area contributed by atoms with E-state index in [1.54, 1.807) is 42.2 Å². The summed E-state index contributed by atoms with van der Waals surface area (Å²) in [6.07, 6.45) is -0.444. The molecule has 2 N–H and O–H groups in total. The zero-order valence-electron chi connectivity index (χ0n) is 24.9. The molecule has 0 saturated carbocycles. The summed E-state index contributed by atoms with van der Waals surface area (Å²) in [5.41, 5.74) is 1.94. The Kier molecular flexibility index (Phi) is 10.4. The molecule has 3 aromatic rings. The SMILES string of the molecule is COc1ccc(S(=O)(=O)N(C)C[C@H]2Oc3ccc(NC(=O)Cc4ccccc4)cc3CC(=O)N([C@@H](C)CO)C[C@H]2C)cc1. The van der Waals surface area contributed by atoms with E-state index in [0.29, 0.717) is 22.7 Å². The van der Waals surface area contributed by atoms with Crippen LogP contribution in [-0.2, 0) is 32.5 Å². The molecule has 0 radical (unpaired) electrons. The Labute approximate surface area is 253 Å². The number of hydrogen-bond donors (Lipinski definition) is 2. The fourth-order valence-corrected chi connectivity index (χ4v) is 6.17. The molecule has 0 unspecified atom stereocenters. The number of fused-ring (bicyclic) bond motifs is 1. The first kappa shape index (κ1) is 32.0. The van der Waals surface area contributed by atoms with E-state index in [2.05, 4.69) is 5.32 Å². The van der Waals surface area contributed by atoms with Gasteiger partial charge in [-0.2, -0.15) is 4.31 Å². The molecule has 0 aliphatic carbocycles. The van der Waals surface area contributed by atoms with Crippen molar-refractivity contribution < 1.29 is 32.6 Å². The van der Waals surface area contributed by atoms with Crippen molar-refractivity contribution in [3.8, 4) is 11.5 Å². The van der Waals surface area contributed by atoms with Crippen LogP contribution in [0.15, 0.2) is 77.7 Å². The van der Waals surface area contributed by atoms with Crippen molar-refractivity contribution in [3.05, 3.63) is 83.9 Å². The predicted molar refractivity (Wildman–Crippen MR) is 164 cm³/mol. The number of aliphatic hydroxyl groups excluding tert-OH is 1. The van der Waals surface area contributed by atoms with Crippen LogP contribution in [0, 0.1) is 5.92 Å². The monoisotopic (exact) mass is 609 g/mol. The lowest BCUT2D eigenvalue weighted by atomic mass is 10.0. The van der Waals surface area contributed by atoms with Crippen LogP contribution in [0.3, 0.4) is 0 Å². The molecule has 43 heavy (non-hydrogen) atoms. The van der Waals surface area contributed by atoms with Gasteiger partial charge in [0.25, 0.3) is 0 Å². The Morgan fingerprint density at radius 1 is 1.14 bits per heavy atom. The van der Waals surface area contributed by atoms with Crippen LogP contribution in [0.4, 0.5) is 5.69 Å². The van der Waals surface area contributed by atoms with Gasteiger partial charge in [-0.1, -0.05) is 37.3 Å². The Morgan fingerprint density at radius 3 is 2.49 bits per heavy atom. The number of carbonyl (C=O) groups excluding carboxylic acids is 2. The summed E-state index contributed by atoms with van der Waals surface area (Å²) >= 11 is 0. The topological polar surface area (TPSA) is 125 Å². The van der Waals surface area contributed by atoms with Crippen molar-refractivity contribution >= 4 is 27.5 Å². The summed E-state index contributed by atoms with van der Waals surface area (Å²) in [7, 11) is -0.851. The molecule has 4 rings (SSSR count). The predicted octanol–water partition coefficient (Wildman–Crippen LogP) is 3.35. The van der Waals surface area contributed by atoms with Gasteiger partial charge in [0.1, 0.15) is 17.6 Å². The zero-order chi connectivity index (χ0) is 31.1. The van der Waals surface area contributed by atoms with E-state index in [-0.39, 0.29) is 55.2 Å². The molecule has 1 aliphatic heterocycles. The number of hydrogen-bond acceptors (Lipinski definition) is 7. The average molecular weight is 610 g/mol. The smallest absolute Gasteiger partial charge is 0.242 e. The Hall–Kier alpha value is -3.93. The minimum Gasteiger partial charge on any atom is -0.497 e. The molecule has 1 aliphatic rings. The van der Waals surface area contributed by atoms with Crippen LogP contribution >= 0.6 is 0 Å². The number of sulfonamides is 1. The largest absolute Gasteiger partial charge is 0.497 e. The summed E-state index contributed by atoms with van der Waals surface area (Å²) in [4.78, 5) is 27.9. The van der Waals surface area contributed by atoms with E-state index in [9.17, 15) is 23.1 Å². The quantitative estimate of drug-likeness (QED) is 0.361. The van der Waals surface area contributed by atoms with Crippen molar-refractivity contribution in [2.24, 2.45) is 5.92 Å². The molecular weight excluding hydrogens is 570 g/mol. The number of benzene rings is 3. The van der Waals surface area contributed by atoms with E-state index in [1.807, 2.05) is 37.3 Å². The van der Waals surface area contributed by atoms with Crippen molar-refractivity contribution in [2.45, 2.75) is 43.7 Å². The molecule has 10 nitrogen and oxygen atoms in total. The van der Waals surface area contributed by atoms with Crippen LogP contribution in [0.5, 0.6) is 11.5 Å². The van der Waals surface area contributed by atoms with E-state index in [4.69, 9.17) is 9.47 Å². The first-order valence-corrected chi connectivity index (χ1v) is 15.6. The fourth-order valence-electron chi connectivity index (χ4n) is 4.99. The van der Waals surface area contributed by atoms with Crippen LogP contribution < -0.4 is 14.8 Å². The van der Waals surface area contributed by atoms with Crippen molar-refractivity contribution in [3.63, 3.8) is 0 Å². The highest BCUT2D eigenvalue weighted by Gasteiger charge is 2.33. The van der Waals surface area contributed by atoms with Gasteiger partial charge in [-0.15, -0.1) is 0 Å². The molecule has 11 heteroatoms. The molecule has 230 valence electrons. The molecule has 0 aromatic heterocycles. The fraction of sp³-hybridized carbons (Fsp3) is 0.375. The third-order valence-corrected chi connectivity index (χ3v) is 9.45. The van der Waals surface area contributed by atoms with Crippen LogP contribution in [0.25, 0.3) is 0 Å². The second-order valence-electron chi connectivity index (χ2n) is 10.9. The minimum absolute atomic E-state index is 0.0124. The van der Waals surface area contributed by atoms with Crippen molar-refractivity contribution in [1.82, 2.24) is 9.21 Å². The first-order chi connectivity index (χ1) is 20.5. The van der Waals surface area contributed by atoms with Gasteiger partial charge in [-0.25, -0.2) is 8.42 Å². The third-order valence-electron chi connectivity index (χ3n) is 7.61. The molecule has 1 heterocycles. The van der Waals surface area contributed by atoms with Gasteiger partial charge in [0.2, 0.25) is 21.8 Å². The van der Waals surface area contributed by atoms with E-state index in [0.717, 1.165) is 5.56 Å². The number of anilines is 1. The standard InChI is InChI=1S/C32H39N3O7S/c1-22-19-35(23(2)21-36)32(38)18-25-17-26(33-31(37)16-24-8-6-5-7-9-24)10-15-29(25)42-30(22)20-34(3)43(39,40)28-13-11-27(41-4)12-14-28/h5-15,17,22-23,30,36H,16,18-21H2,1-4H3,(H,33,37)/t22-,23+,30-/m1/s1. The van der Waals surface area contributed by atoms with Gasteiger partial charge in [-0.3, -0.25) is 9.59 Å². The number of aliphatic hydroxyl groups is 1. The van der Waals surface area contributed by atoms with Gasteiger partial charge in [0.05, 0.1) is 44.0 Å². The van der Waals surface area contributed by atoms with Crippen molar-refractivity contribution in [2.75, 3.05) is 39.2 Å². The third kappa shape index (κ3) is 7.92. The van der Waals surface area contributed by atoms with Gasteiger partial charge in [0.15, 0.2) is 0 Å². The maximum absolute atomic E-state index is 13.5. The van der Waals surface area contributed by atoms with Crippen LogP contribution in [0.2, 0.25) is 0 Å². The molecule has 2 amide bonds. The summed E-state index contributed by atoms with van der Waals surface area (Å²) in [6, 6.07) is 20.2. The first-order valence-electron chi connectivity index (χ1n) is 14.2. The zero-order valence-corrected chi connectivity index (χ0v) is 25.7. The van der Waals surface area contributed by atoms with Gasteiger partial charge >= 0.3 is 0 Å². The van der Waals surface area contributed by atoms with E-state index in [1.165, 1.54) is 30.6 Å². The average Bonchev–Trinajstić information content (AvgIpc) is 3.04. The number of nitrogens with zero attached hydrogens (tertiary/aromatic N) is 2. The lowest BCUT2D eigenvalue weighted by Gasteiger charge is -2.33. The minimum atomic E-state index is -3.86. The van der Waals surface area contributed by atoms with E-state index >= 15 is 0 Å². The molecule has 3 atom stereocenters. The Morgan fingerprint density at radius 2 is 1.84 bits per heavy atom. The highest BCUT2D eigenvalue weighted by Crippen LogP contribution is 2.30. The number of nitrogens with one attached hydrogen (secondary N) is 1. The Balaban J connectivity index is 1.61. The Bertz CT molecular complexity index is 1510. The summed E-state index contributed by atoms with van der Waals surface area (Å²) in [6.45, 7) is 3.71. The van der Waals surface area contributed by atoms with Crippen LogP contribution in [-0.4, -0.2) is 80.5 Å². The summed E-state index contributed by atoms with van der Waals surface area (Å²) in [5.74, 6) is 0.284. The number of carbonyl (C=O) groups is 2. The maximum atomic E-state index is 13.5. The molecule has 0 saturated heterocycles. The summed E-state index contributed by atoms with van der Waals surface area (Å²) in [5, 5.41) is 12.8. The second kappa shape index (κ2) is 14.0. The lowest BCUT2D eigenvalue weighted by Crippen LogP contribution is -2.48. The van der Waals surface area contributed by atoms with E-state index < -0.39 is 22.2 Å². The van der Waals surface area contributed by atoms with Gasteiger partial charge < -0.3 is 24.8 Å². The molecular formula is C32H39N3O7S. The molecule has 0 spiro atoms. The lowest BCUT2D eigenvalue weighted by molar-refractivity contribution is -0.134. The number of likely N-dealkylation sites (N-methyl/N-ethyl adjacent to an activating group) is 1.